The van der Waals surface area contributed by atoms with Crippen molar-refractivity contribution in [2.24, 2.45) is 0 Å². The van der Waals surface area contributed by atoms with Crippen molar-refractivity contribution in [3.05, 3.63) is 28.8 Å². The maximum atomic E-state index is 11.9. The van der Waals surface area contributed by atoms with E-state index >= 15 is 0 Å². The van der Waals surface area contributed by atoms with E-state index in [0.717, 1.165) is 18.5 Å². The Hall–Kier alpha value is -0.330. The Morgan fingerprint density at radius 2 is 1.89 bits per heavy atom. The van der Waals surface area contributed by atoms with Gasteiger partial charge in [-0.1, -0.05) is 24.6 Å². The molecule has 0 aromatic heterocycles. The molecule has 1 rings (SSSR count). The molecule has 110 valence electrons. The van der Waals surface area contributed by atoms with Gasteiger partial charge < -0.3 is 5.32 Å². The molecule has 7 heteroatoms. The minimum Gasteiger partial charge on any atom is -0.315 e. The lowest BCUT2D eigenvalue weighted by atomic mass is 10.2. The fourth-order valence-corrected chi connectivity index (χ4v) is 2.70. The third-order valence-corrected chi connectivity index (χ3v) is 4.34. The van der Waals surface area contributed by atoms with E-state index in [-0.39, 0.29) is 17.3 Å². The van der Waals surface area contributed by atoms with Crippen LogP contribution in [0.4, 0.5) is 0 Å². The van der Waals surface area contributed by atoms with Crippen molar-refractivity contribution in [3.8, 4) is 0 Å². The largest absolute Gasteiger partial charge is 0.315 e. The Morgan fingerprint density at radius 1 is 1.21 bits per heavy atom. The molecule has 0 aliphatic heterocycles. The van der Waals surface area contributed by atoms with Crippen molar-refractivity contribution >= 4 is 34.0 Å². The van der Waals surface area contributed by atoms with Crippen molar-refractivity contribution in [1.82, 2.24) is 10.0 Å². The third kappa shape index (κ3) is 6.10. The second kappa shape index (κ2) is 8.76. The number of halogens is 2. The molecular formula is C12H20Cl2N2O2S. The van der Waals surface area contributed by atoms with Gasteiger partial charge in [-0.05, 0) is 37.6 Å². The average molecular weight is 327 g/mol. The van der Waals surface area contributed by atoms with E-state index in [0.29, 0.717) is 18.1 Å². The van der Waals surface area contributed by atoms with Crippen LogP contribution in [0.1, 0.15) is 18.9 Å². The Morgan fingerprint density at radius 3 is 2.47 bits per heavy atom. The molecule has 0 saturated carbocycles. The van der Waals surface area contributed by atoms with Crippen LogP contribution < -0.4 is 10.0 Å². The number of hydrogen-bond acceptors (Lipinski definition) is 3. The summed E-state index contributed by atoms with van der Waals surface area (Å²) in [5, 5.41) is 3.59. The molecule has 2 N–H and O–H groups in total. The minimum atomic E-state index is -3.46. The Labute approximate surface area is 126 Å². The number of benzene rings is 1. The fraction of sp³-hybridized carbons (Fsp3) is 0.500. The number of hydrogen-bond donors (Lipinski definition) is 2. The molecule has 0 aliphatic rings. The zero-order valence-electron chi connectivity index (χ0n) is 11.1. The molecule has 0 fully saturated rings. The lowest BCUT2D eigenvalue weighted by molar-refractivity contribution is 0.575. The molecule has 0 radical (unpaired) electrons. The van der Waals surface area contributed by atoms with E-state index in [2.05, 4.69) is 17.0 Å². The van der Waals surface area contributed by atoms with Gasteiger partial charge >= 0.3 is 0 Å². The minimum absolute atomic E-state index is 0. The highest BCUT2D eigenvalue weighted by Crippen LogP contribution is 2.19. The molecule has 19 heavy (non-hydrogen) atoms. The summed E-state index contributed by atoms with van der Waals surface area (Å²) in [4.78, 5) is 0.202. The van der Waals surface area contributed by atoms with E-state index < -0.39 is 10.0 Å². The predicted molar refractivity (Wildman–Crippen MR) is 81.8 cm³/mol. The van der Waals surface area contributed by atoms with Gasteiger partial charge in [0.25, 0.3) is 0 Å². The van der Waals surface area contributed by atoms with Crippen LogP contribution in [0, 0.1) is 6.92 Å². The molecule has 1 aromatic rings. The van der Waals surface area contributed by atoms with Gasteiger partial charge in [-0.3, -0.25) is 0 Å². The van der Waals surface area contributed by atoms with Crippen molar-refractivity contribution in [1.29, 1.82) is 0 Å². The van der Waals surface area contributed by atoms with E-state index in [4.69, 9.17) is 11.6 Å². The fourth-order valence-electron chi connectivity index (χ4n) is 1.40. The molecular weight excluding hydrogens is 307 g/mol. The molecule has 0 amide bonds. The van der Waals surface area contributed by atoms with Crippen LogP contribution in [0.3, 0.4) is 0 Å². The van der Waals surface area contributed by atoms with Gasteiger partial charge in [0.15, 0.2) is 0 Å². The topological polar surface area (TPSA) is 58.2 Å². The first-order valence-electron chi connectivity index (χ1n) is 5.94. The van der Waals surface area contributed by atoms with E-state index in [1.165, 1.54) is 6.07 Å². The summed E-state index contributed by atoms with van der Waals surface area (Å²) in [6.07, 6.45) is 1.03. The van der Waals surface area contributed by atoms with Gasteiger partial charge in [0.2, 0.25) is 10.0 Å². The van der Waals surface area contributed by atoms with E-state index in [1.807, 2.05) is 6.92 Å². The molecule has 0 aliphatic carbocycles. The summed E-state index contributed by atoms with van der Waals surface area (Å²) in [5.41, 5.74) is 0.861. The molecule has 0 spiro atoms. The SMILES string of the molecule is CCCNCCNS(=O)(=O)c1ccc(C)c(Cl)c1.Cl. The number of nitrogens with one attached hydrogen (secondary N) is 2. The second-order valence-electron chi connectivity index (χ2n) is 4.06. The van der Waals surface area contributed by atoms with Crippen LogP contribution in [0.15, 0.2) is 23.1 Å². The summed E-state index contributed by atoms with van der Waals surface area (Å²) in [7, 11) is -3.46. The zero-order chi connectivity index (χ0) is 13.6. The van der Waals surface area contributed by atoms with Crippen LogP contribution >= 0.6 is 24.0 Å². The van der Waals surface area contributed by atoms with Gasteiger partial charge in [-0.15, -0.1) is 12.4 Å². The summed E-state index contributed by atoms with van der Waals surface area (Å²) in [6.45, 7) is 5.77. The molecule has 4 nitrogen and oxygen atoms in total. The Kier molecular flexibility index (Phi) is 8.61. The Bertz CT molecular complexity index is 493. The first-order chi connectivity index (χ1) is 8.47. The third-order valence-electron chi connectivity index (χ3n) is 2.47. The summed E-state index contributed by atoms with van der Waals surface area (Å²) < 4.78 is 26.4. The molecule has 0 atom stereocenters. The summed E-state index contributed by atoms with van der Waals surface area (Å²) >= 11 is 5.92. The van der Waals surface area contributed by atoms with Gasteiger partial charge in [0, 0.05) is 18.1 Å². The van der Waals surface area contributed by atoms with Crippen LogP contribution in [0.5, 0.6) is 0 Å². The van der Waals surface area contributed by atoms with Crippen molar-refractivity contribution in [2.45, 2.75) is 25.2 Å². The molecule has 0 heterocycles. The van der Waals surface area contributed by atoms with E-state index in [9.17, 15) is 8.42 Å². The van der Waals surface area contributed by atoms with E-state index in [1.54, 1.807) is 12.1 Å². The lowest BCUT2D eigenvalue weighted by Gasteiger charge is -2.08. The smallest absolute Gasteiger partial charge is 0.240 e. The molecule has 0 bridgehead atoms. The normalized spacial score (nSPS) is 11.1. The van der Waals surface area contributed by atoms with Gasteiger partial charge in [0.05, 0.1) is 4.90 Å². The molecule has 1 aromatic carbocycles. The van der Waals surface area contributed by atoms with Crippen LogP contribution in [-0.4, -0.2) is 28.1 Å². The average Bonchev–Trinajstić information content (AvgIpc) is 2.32. The highest BCUT2D eigenvalue weighted by atomic mass is 35.5. The van der Waals surface area contributed by atoms with Crippen molar-refractivity contribution in [2.75, 3.05) is 19.6 Å². The van der Waals surface area contributed by atoms with Gasteiger partial charge in [0.1, 0.15) is 0 Å². The second-order valence-corrected chi connectivity index (χ2v) is 6.23. The monoisotopic (exact) mass is 326 g/mol. The van der Waals surface area contributed by atoms with Gasteiger partial charge in [-0.25, -0.2) is 13.1 Å². The van der Waals surface area contributed by atoms with Crippen molar-refractivity contribution in [3.63, 3.8) is 0 Å². The van der Waals surface area contributed by atoms with Crippen LogP contribution in [0.25, 0.3) is 0 Å². The first kappa shape index (κ1) is 18.7. The maximum Gasteiger partial charge on any atom is 0.240 e. The highest BCUT2D eigenvalue weighted by Gasteiger charge is 2.13. The van der Waals surface area contributed by atoms with Crippen LogP contribution in [-0.2, 0) is 10.0 Å². The van der Waals surface area contributed by atoms with Crippen molar-refractivity contribution < 1.29 is 8.42 Å². The highest BCUT2D eigenvalue weighted by molar-refractivity contribution is 7.89. The first-order valence-corrected chi connectivity index (χ1v) is 7.80. The summed E-state index contributed by atoms with van der Waals surface area (Å²) in [6, 6.07) is 4.73. The molecule has 0 saturated heterocycles. The maximum absolute atomic E-state index is 11.9. The molecule has 0 unspecified atom stereocenters. The quantitative estimate of drug-likeness (QED) is 0.756. The Balaban J connectivity index is 0.00000324. The predicted octanol–water partition coefficient (Wildman–Crippen LogP) is 2.35. The zero-order valence-corrected chi connectivity index (χ0v) is 13.5. The number of aryl methyl sites for hydroxylation is 1. The van der Waals surface area contributed by atoms with Crippen LogP contribution in [0.2, 0.25) is 5.02 Å². The lowest BCUT2D eigenvalue weighted by Crippen LogP contribution is -2.32. The number of rotatable bonds is 7. The van der Waals surface area contributed by atoms with Gasteiger partial charge in [-0.2, -0.15) is 0 Å². The number of sulfonamides is 1. The standard InChI is InChI=1S/C12H19ClN2O2S.ClH/c1-3-6-14-7-8-15-18(16,17)11-5-4-10(2)12(13)9-11;/h4-5,9,14-15H,3,6-8H2,1-2H3;1H. The summed E-state index contributed by atoms with van der Waals surface area (Å²) in [5.74, 6) is 0.